The molecule has 1 aliphatic carbocycles. The molecule has 1 saturated carbocycles. The van der Waals surface area contributed by atoms with Crippen molar-refractivity contribution in [2.24, 2.45) is 0 Å². The van der Waals surface area contributed by atoms with Crippen LogP contribution in [0.5, 0.6) is 0 Å². The quantitative estimate of drug-likeness (QED) is 0.770. The van der Waals surface area contributed by atoms with Crippen LogP contribution in [0.3, 0.4) is 0 Å². The summed E-state index contributed by atoms with van der Waals surface area (Å²) < 4.78 is 2.33. The molecule has 3 rings (SSSR count). The van der Waals surface area contributed by atoms with Crippen LogP contribution in [0.2, 0.25) is 5.02 Å². The Bertz CT molecular complexity index is 570. The van der Waals surface area contributed by atoms with Gasteiger partial charge in [0.25, 0.3) is 0 Å². The number of imidazole rings is 1. The summed E-state index contributed by atoms with van der Waals surface area (Å²) in [4.78, 5) is 4.67. The number of nitrogens with zero attached hydrogens (tertiary/aromatic N) is 2. The Morgan fingerprint density at radius 2 is 2.18 bits per heavy atom. The number of aromatic nitrogens is 2. The molecule has 0 saturated heterocycles. The number of rotatable bonds is 3. The lowest BCUT2D eigenvalue weighted by molar-refractivity contribution is 0.525. The zero-order valence-electron chi connectivity index (χ0n) is 9.71. The zero-order chi connectivity index (χ0) is 12.0. The van der Waals surface area contributed by atoms with Gasteiger partial charge in [-0.1, -0.05) is 11.6 Å². The van der Waals surface area contributed by atoms with Crippen molar-refractivity contribution >= 4 is 34.2 Å². The highest BCUT2D eigenvalue weighted by atomic mass is 35.5. The molecule has 2 nitrogen and oxygen atoms in total. The van der Waals surface area contributed by atoms with Gasteiger partial charge in [0.15, 0.2) is 0 Å². The number of aryl methyl sites for hydroxylation is 1. The molecule has 2 aromatic rings. The fourth-order valence-electron chi connectivity index (χ4n) is 2.36. The Hall–Kier alpha value is -0.730. The minimum absolute atomic E-state index is 0.223. The van der Waals surface area contributed by atoms with Crippen molar-refractivity contribution < 1.29 is 0 Å². The monoisotopic (exact) mass is 268 g/mol. The minimum atomic E-state index is 0.223. The SMILES string of the molecule is CC1(n2c(CCCl)nc3ccc(Cl)cc32)CC1. The Labute approximate surface area is 111 Å². The molecule has 1 aromatic carbocycles. The molecule has 0 N–H and O–H groups in total. The Morgan fingerprint density at radius 3 is 2.82 bits per heavy atom. The number of benzene rings is 1. The Morgan fingerprint density at radius 1 is 1.41 bits per heavy atom. The third-order valence-corrected chi connectivity index (χ3v) is 3.94. The van der Waals surface area contributed by atoms with Crippen LogP contribution in [0.1, 0.15) is 25.6 Å². The van der Waals surface area contributed by atoms with Crippen LogP contribution in [0.25, 0.3) is 11.0 Å². The number of fused-ring (bicyclic) bond motifs is 1. The summed E-state index contributed by atoms with van der Waals surface area (Å²) in [7, 11) is 0. The van der Waals surface area contributed by atoms with Gasteiger partial charge in [0, 0.05) is 22.9 Å². The lowest BCUT2D eigenvalue weighted by atomic mass is 10.2. The summed E-state index contributed by atoms with van der Waals surface area (Å²) in [6, 6.07) is 5.88. The molecule has 1 fully saturated rings. The van der Waals surface area contributed by atoms with Crippen molar-refractivity contribution in [2.45, 2.75) is 31.7 Å². The maximum atomic E-state index is 6.08. The number of alkyl halides is 1. The number of hydrogen-bond donors (Lipinski definition) is 0. The van der Waals surface area contributed by atoms with Gasteiger partial charge in [-0.3, -0.25) is 0 Å². The number of hydrogen-bond acceptors (Lipinski definition) is 1. The standard InChI is InChI=1S/C13H14Cl2N2/c1-13(5-6-13)17-11-8-9(15)2-3-10(11)16-12(17)4-7-14/h2-3,8H,4-7H2,1H3. The molecule has 17 heavy (non-hydrogen) atoms. The molecule has 4 heteroatoms. The van der Waals surface area contributed by atoms with Crippen molar-refractivity contribution in [3.63, 3.8) is 0 Å². The predicted octanol–water partition coefficient (Wildman–Crippen LogP) is 3.98. The lowest BCUT2D eigenvalue weighted by Gasteiger charge is -2.15. The largest absolute Gasteiger partial charge is 0.322 e. The van der Waals surface area contributed by atoms with E-state index in [4.69, 9.17) is 23.2 Å². The van der Waals surface area contributed by atoms with E-state index in [1.165, 1.54) is 12.8 Å². The second-order valence-electron chi connectivity index (χ2n) is 4.93. The Kier molecular flexibility index (Phi) is 2.60. The second kappa shape index (κ2) is 3.89. The highest BCUT2D eigenvalue weighted by Gasteiger charge is 2.41. The molecule has 0 spiro atoms. The van der Waals surface area contributed by atoms with Gasteiger partial charge in [0.05, 0.1) is 11.0 Å². The molecular weight excluding hydrogens is 255 g/mol. The highest BCUT2D eigenvalue weighted by molar-refractivity contribution is 6.31. The van der Waals surface area contributed by atoms with Crippen molar-refractivity contribution in [1.29, 1.82) is 0 Å². The maximum absolute atomic E-state index is 6.08. The van der Waals surface area contributed by atoms with Gasteiger partial charge < -0.3 is 4.57 Å². The molecule has 0 radical (unpaired) electrons. The zero-order valence-corrected chi connectivity index (χ0v) is 11.2. The van der Waals surface area contributed by atoms with E-state index in [-0.39, 0.29) is 5.54 Å². The lowest BCUT2D eigenvalue weighted by Crippen LogP contribution is -2.16. The number of halogens is 2. The van der Waals surface area contributed by atoms with Crippen molar-refractivity contribution in [1.82, 2.24) is 9.55 Å². The van der Waals surface area contributed by atoms with Gasteiger partial charge in [0.1, 0.15) is 5.82 Å². The first-order valence-corrected chi connectivity index (χ1v) is 6.79. The van der Waals surface area contributed by atoms with Crippen LogP contribution in [0.15, 0.2) is 18.2 Å². The third kappa shape index (κ3) is 1.84. The van der Waals surface area contributed by atoms with E-state index >= 15 is 0 Å². The van der Waals surface area contributed by atoms with Gasteiger partial charge in [-0.15, -0.1) is 11.6 Å². The molecule has 1 heterocycles. The summed E-state index contributed by atoms with van der Waals surface area (Å²) in [5, 5.41) is 0.764. The van der Waals surface area contributed by atoms with Gasteiger partial charge in [-0.05, 0) is 38.0 Å². The van der Waals surface area contributed by atoms with E-state index in [1.54, 1.807) is 0 Å². The molecule has 0 atom stereocenters. The highest BCUT2D eigenvalue weighted by Crippen LogP contribution is 2.45. The van der Waals surface area contributed by atoms with Crippen molar-refractivity contribution in [3.05, 3.63) is 29.0 Å². The molecule has 0 bridgehead atoms. The van der Waals surface area contributed by atoms with E-state index in [9.17, 15) is 0 Å². The second-order valence-corrected chi connectivity index (χ2v) is 5.75. The first kappa shape index (κ1) is 11.4. The summed E-state index contributed by atoms with van der Waals surface area (Å²) >= 11 is 11.9. The topological polar surface area (TPSA) is 17.8 Å². The summed E-state index contributed by atoms with van der Waals surface area (Å²) in [6.07, 6.45) is 3.23. The van der Waals surface area contributed by atoms with Crippen molar-refractivity contribution in [2.75, 3.05) is 5.88 Å². The fraction of sp³-hybridized carbons (Fsp3) is 0.462. The summed E-state index contributed by atoms with van der Waals surface area (Å²) in [6.45, 7) is 2.27. The van der Waals surface area contributed by atoms with Gasteiger partial charge in [-0.25, -0.2) is 4.98 Å². The molecule has 1 aromatic heterocycles. The first-order valence-electron chi connectivity index (χ1n) is 5.87. The molecule has 0 aliphatic heterocycles. The molecule has 90 valence electrons. The van der Waals surface area contributed by atoms with E-state index in [0.717, 1.165) is 28.3 Å². The van der Waals surface area contributed by atoms with Gasteiger partial charge >= 0.3 is 0 Å². The van der Waals surface area contributed by atoms with Crippen LogP contribution in [-0.2, 0) is 12.0 Å². The fourth-order valence-corrected chi connectivity index (χ4v) is 2.69. The van der Waals surface area contributed by atoms with Crippen LogP contribution in [0, 0.1) is 0 Å². The van der Waals surface area contributed by atoms with E-state index in [2.05, 4.69) is 16.5 Å². The molecular formula is C13H14Cl2N2. The Balaban J connectivity index is 2.25. The summed E-state index contributed by atoms with van der Waals surface area (Å²) in [5.74, 6) is 1.69. The van der Waals surface area contributed by atoms with E-state index in [0.29, 0.717) is 5.88 Å². The van der Waals surface area contributed by atoms with Gasteiger partial charge in [0.2, 0.25) is 0 Å². The minimum Gasteiger partial charge on any atom is -0.322 e. The van der Waals surface area contributed by atoms with Gasteiger partial charge in [-0.2, -0.15) is 0 Å². The maximum Gasteiger partial charge on any atom is 0.111 e. The van der Waals surface area contributed by atoms with Crippen molar-refractivity contribution in [3.8, 4) is 0 Å². The molecule has 0 unspecified atom stereocenters. The van der Waals surface area contributed by atoms with Crippen LogP contribution in [0.4, 0.5) is 0 Å². The smallest absolute Gasteiger partial charge is 0.111 e. The van der Waals surface area contributed by atoms with Crippen LogP contribution < -0.4 is 0 Å². The molecule has 0 amide bonds. The van der Waals surface area contributed by atoms with E-state index in [1.807, 2.05) is 18.2 Å². The average Bonchev–Trinajstić information content (AvgIpc) is 2.91. The predicted molar refractivity (Wildman–Crippen MR) is 72.0 cm³/mol. The van der Waals surface area contributed by atoms with Crippen LogP contribution >= 0.6 is 23.2 Å². The van der Waals surface area contributed by atoms with Crippen LogP contribution in [-0.4, -0.2) is 15.4 Å². The first-order chi connectivity index (χ1) is 8.14. The average molecular weight is 269 g/mol. The van der Waals surface area contributed by atoms with E-state index < -0.39 is 0 Å². The normalized spacial score (nSPS) is 17.6. The molecule has 1 aliphatic rings. The third-order valence-electron chi connectivity index (χ3n) is 3.52. The summed E-state index contributed by atoms with van der Waals surface area (Å²) in [5.41, 5.74) is 2.38.